The third-order valence-corrected chi connectivity index (χ3v) is 6.66. The van der Waals surface area contributed by atoms with Crippen LogP contribution in [0.1, 0.15) is 73.8 Å². The monoisotopic (exact) mass is 531 g/mol. The van der Waals surface area contributed by atoms with Crippen LogP contribution in [0, 0.1) is 0 Å². The summed E-state index contributed by atoms with van der Waals surface area (Å²) in [6, 6.07) is 7.57. The van der Waals surface area contributed by atoms with E-state index in [4.69, 9.17) is 14.6 Å². The first-order valence-corrected chi connectivity index (χ1v) is 13.0. The van der Waals surface area contributed by atoms with Gasteiger partial charge in [-0.1, -0.05) is 31.4 Å². The number of aryl methyl sites for hydroxylation is 1. The molecule has 4 rings (SSSR count). The third kappa shape index (κ3) is 6.85. The molecule has 0 aliphatic heterocycles. The molecule has 1 aliphatic carbocycles. The third-order valence-electron chi connectivity index (χ3n) is 6.66. The van der Waals surface area contributed by atoms with Crippen LogP contribution < -0.4 is 9.47 Å². The molecule has 0 bridgehead atoms. The lowest BCUT2D eigenvalue weighted by Gasteiger charge is -2.21. The second kappa shape index (κ2) is 12.3. The van der Waals surface area contributed by atoms with Crippen molar-refractivity contribution in [3.8, 4) is 17.3 Å². The minimum Gasteiger partial charge on any atom is -0.490 e. The summed E-state index contributed by atoms with van der Waals surface area (Å²) < 4.78 is 52.2. The zero-order valence-electron chi connectivity index (χ0n) is 21.3. The SMILES string of the molecule is CCOc1cccc(CC(=O)O)c1OCCCc1cn(-c2ccc(C(F)(F)F)cn2)nc1C1CCCCC1. The van der Waals surface area contributed by atoms with E-state index < -0.39 is 17.7 Å². The number of aliphatic carboxylic acids is 1. The molecular weight excluding hydrogens is 499 g/mol. The first kappa shape index (κ1) is 27.5. The molecule has 0 radical (unpaired) electrons. The van der Waals surface area contributed by atoms with Crippen molar-refractivity contribution in [2.45, 2.75) is 70.4 Å². The zero-order valence-corrected chi connectivity index (χ0v) is 21.3. The molecule has 1 aliphatic rings. The molecule has 0 amide bonds. The Labute approximate surface area is 219 Å². The van der Waals surface area contributed by atoms with Crippen molar-refractivity contribution in [1.82, 2.24) is 14.8 Å². The molecule has 0 spiro atoms. The maximum Gasteiger partial charge on any atom is 0.417 e. The van der Waals surface area contributed by atoms with E-state index in [2.05, 4.69) is 4.98 Å². The number of benzene rings is 1. The Balaban J connectivity index is 1.50. The molecular formula is C28H32F3N3O4. The van der Waals surface area contributed by atoms with Crippen LogP contribution in [0.4, 0.5) is 13.2 Å². The Kier molecular flexibility index (Phi) is 8.91. The number of nitrogens with zero attached hydrogens (tertiary/aromatic N) is 3. The van der Waals surface area contributed by atoms with E-state index in [1.54, 1.807) is 22.9 Å². The van der Waals surface area contributed by atoms with Gasteiger partial charge < -0.3 is 14.6 Å². The van der Waals surface area contributed by atoms with Crippen LogP contribution in [0.3, 0.4) is 0 Å². The average molecular weight is 532 g/mol. The molecule has 0 atom stereocenters. The number of carbonyl (C=O) groups is 1. The summed E-state index contributed by atoms with van der Waals surface area (Å²) in [7, 11) is 0. The highest BCUT2D eigenvalue weighted by molar-refractivity contribution is 5.72. The molecule has 1 saturated carbocycles. The highest BCUT2D eigenvalue weighted by Crippen LogP contribution is 2.35. The molecule has 1 aromatic carbocycles. The van der Waals surface area contributed by atoms with Crippen LogP contribution in [0.2, 0.25) is 0 Å². The summed E-state index contributed by atoms with van der Waals surface area (Å²) in [6.45, 7) is 2.61. The van der Waals surface area contributed by atoms with Gasteiger partial charge in [0.15, 0.2) is 17.3 Å². The number of ether oxygens (including phenoxy) is 2. The van der Waals surface area contributed by atoms with E-state index in [0.717, 1.165) is 49.2 Å². The summed E-state index contributed by atoms with van der Waals surface area (Å²) in [6.07, 6.45) is 4.85. The Bertz CT molecular complexity index is 1220. The van der Waals surface area contributed by atoms with Gasteiger partial charge >= 0.3 is 12.1 Å². The van der Waals surface area contributed by atoms with Gasteiger partial charge in [0.05, 0.1) is 30.9 Å². The van der Waals surface area contributed by atoms with Crippen molar-refractivity contribution < 1.29 is 32.5 Å². The number of alkyl halides is 3. The van der Waals surface area contributed by atoms with Gasteiger partial charge in [0.1, 0.15) is 0 Å². The van der Waals surface area contributed by atoms with Crippen LogP contribution in [0.5, 0.6) is 11.5 Å². The Hall–Kier alpha value is -3.56. The predicted molar refractivity (Wildman–Crippen MR) is 135 cm³/mol. The quantitative estimate of drug-likeness (QED) is 0.289. The number of hydrogen-bond donors (Lipinski definition) is 1. The molecule has 38 heavy (non-hydrogen) atoms. The molecule has 10 heteroatoms. The second-order valence-electron chi connectivity index (χ2n) is 9.42. The maximum atomic E-state index is 13.0. The van der Waals surface area contributed by atoms with Gasteiger partial charge in [-0.25, -0.2) is 9.67 Å². The minimum atomic E-state index is -4.45. The van der Waals surface area contributed by atoms with Crippen molar-refractivity contribution in [3.63, 3.8) is 0 Å². The van der Waals surface area contributed by atoms with Crippen LogP contribution in [0.15, 0.2) is 42.7 Å². The van der Waals surface area contributed by atoms with Crippen molar-refractivity contribution in [3.05, 3.63) is 65.1 Å². The molecule has 1 fully saturated rings. The fraction of sp³-hybridized carbons (Fsp3) is 0.464. The van der Waals surface area contributed by atoms with Crippen molar-refractivity contribution in [2.24, 2.45) is 0 Å². The number of carboxylic acid groups (broad SMARTS) is 1. The van der Waals surface area contributed by atoms with Gasteiger partial charge in [0, 0.05) is 23.9 Å². The summed E-state index contributed by atoms with van der Waals surface area (Å²) >= 11 is 0. The average Bonchev–Trinajstić information content (AvgIpc) is 3.32. The summed E-state index contributed by atoms with van der Waals surface area (Å²) in [5.74, 6) is 0.631. The first-order chi connectivity index (χ1) is 18.3. The molecule has 0 unspecified atom stereocenters. The number of aromatic nitrogens is 3. The molecule has 3 aromatic rings. The van der Waals surface area contributed by atoms with E-state index in [0.29, 0.717) is 54.9 Å². The number of carboxylic acids is 1. The summed E-state index contributed by atoms with van der Waals surface area (Å²) in [5, 5.41) is 14.0. The van der Waals surface area contributed by atoms with Gasteiger partial charge in [0.25, 0.3) is 0 Å². The van der Waals surface area contributed by atoms with E-state index in [1.807, 2.05) is 13.1 Å². The van der Waals surface area contributed by atoms with E-state index in [1.165, 1.54) is 12.5 Å². The number of para-hydroxylation sites is 1. The highest BCUT2D eigenvalue weighted by Gasteiger charge is 2.31. The number of rotatable bonds is 11. The topological polar surface area (TPSA) is 86.5 Å². The van der Waals surface area contributed by atoms with Crippen molar-refractivity contribution >= 4 is 5.97 Å². The molecule has 204 valence electrons. The van der Waals surface area contributed by atoms with E-state index >= 15 is 0 Å². The Morgan fingerprint density at radius 2 is 1.89 bits per heavy atom. The summed E-state index contributed by atoms with van der Waals surface area (Å²) in [5.41, 5.74) is 1.74. The predicted octanol–water partition coefficient (Wildman–Crippen LogP) is 6.37. The first-order valence-electron chi connectivity index (χ1n) is 13.0. The van der Waals surface area contributed by atoms with Gasteiger partial charge in [-0.2, -0.15) is 18.3 Å². The number of hydrogen-bond acceptors (Lipinski definition) is 5. The lowest BCUT2D eigenvalue weighted by atomic mass is 9.85. The molecule has 1 N–H and O–H groups in total. The van der Waals surface area contributed by atoms with Gasteiger partial charge in [-0.3, -0.25) is 4.79 Å². The lowest BCUT2D eigenvalue weighted by molar-refractivity contribution is -0.138. The Morgan fingerprint density at radius 3 is 2.55 bits per heavy atom. The largest absolute Gasteiger partial charge is 0.490 e. The van der Waals surface area contributed by atoms with Crippen LogP contribution in [-0.2, 0) is 23.8 Å². The van der Waals surface area contributed by atoms with Gasteiger partial charge in [-0.15, -0.1) is 0 Å². The molecule has 0 saturated heterocycles. The van der Waals surface area contributed by atoms with Crippen LogP contribution in [-0.4, -0.2) is 39.1 Å². The van der Waals surface area contributed by atoms with Crippen LogP contribution >= 0.6 is 0 Å². The maximum absolute atomic E-state index is 13.0. The molecule has 2 heterocycles. The second-order valence-corrected chi connectivity index (χ2v) is 9.42. The molecule has 7 nitrogen and oxygen atoms in total. The molecule has 2 aromatic heterocycles. The smallest absolute Gasteiger partial charge is 0.417 e. The van der Waals surface area contributed by atoms with Gasteiger partial charge in [-0.05, 0) is 56.4 Å². The zero-order chi connectivity index (χ0) is 27.1. The van der Waals surface area contributed by atoms with Crippen molar-refractivity contribution in [1.29, 1.82) is 0 Å². The summed E-state index contributed by atoms with van der Waals surface area (Å²) in [4.78, 5) is 15.3. The van der Waals surface area contributed by atoms with Crippen LogP contribution in [0.25, 0.3) is 5.82 Å². The fourth-order valence-electron chi connectivity index (χ4n) is 4.88. The van der Waals surface area contributed by atoms with E-state index in [9.17, 15) is 23.1 Å². The standard InChI is InChI=1S/C28H32F3N3O4/c1-2-37-23-12-6-10-20(16-25(35)36)27(23)38-15-7-11-21-18-34(33-26(21)19-8-4-3-5-9-19)24-14-13-22(17-32-24)28(29,30)31/h6,10,12-14,17-19H,2-5,7-9,11,15-16H2,1H3,(H,35,36). The lowest BCUT2D eigenvalue weighted by Crippen LogP contribution is -2.10. The van der Waals surface area contributed by atoms with Crippen molar-refractivity contribution in [2.75, 3.05) is 13.2 Å². The normalized spacial score (nSPS) is 14.4. The minimum absolute atomic E-state index is 0.172. The van der Waals surface area contributed by atoms with Gasteiger partial charge in [0.2, 0.25) is 0 Å². The number of halogens is 3. The Morgan fingerprint density at radius 1 is 1.11 bits per heavy atom. The number of pyridine rings is 1. The van der Waals surface area contributed by atoms with E-state index in [-0.39, 0.29) is 6.42 Å². The highest BCUT2D eigenvalue weighted by atomic mass is 19.4. The fourth-order valence-corrected chi connectivity index (χ4v) is 4.88.